The number of hydrogen-bond donors (Lipinski definition) is 1. The highest BCUT2D eigenvalue weighted by molar-refractivity contribution is 9.10. The zero-order valence-electron chi connectivity index (χ0n) is 11.0. The molecule has 0 heterocycles. The van der Waals surface area contributed by atoms with E-state index in [1.165, 1.54) is 6.07 Å². The minimum atomic E-state index is -0.909. The first-order valence-electron chi connectivity index (χ1n) is 6.29. The fourth-order valence-corrected chi connectivity index (χ4v) is 2.70. The predicted octanol–water partition coefficient (Wildman–Crippen LogP) is 2.97. The van der Waals surface area contributed by atoms with Gasteiger partial charge in [0.05, 0.1) is 10.6 Å². The van der Waals surface area contributed by atoms with E-state index in [9.17, 15) is 14.9 Å². The number of anilines is 1. The molecule has 1 fully saturated rings. The van der Waals surface area contributed by atoms with Crippen LogP contribution in [-0.4, -0.2) is 29.1 Å². The number of aliphatic carboxylic acids is 1. The highest BCUT2D eigenvalue weighted by atomic mass is 79.9. The van der Waals surface area contributed by atoms with Crippen molar-refractivity contribution in [1.82, 2.24) is 0 Å². The molecular weight excluding hydrogens is 328 g/mol. The van der Waals surface area contributed by atoms with Crippen LogP contribution >= 0.6 is 15.9 Å². The van der Waals surface area contributed by atoms with Gasteiger partial charge >= 0.3 is 5.97 Å². The molecule has 6 nitrogen and oxygen atoms in total. The monoisotopic (exact) mass is 342 g/mol. The number of aryl methyl sites for hydroxylation is 1. The van der Waals surface area contributed by atoms with Gasteiger partial charge < -0.3 is 10.0 Å². The van der Waals surface area contributed by atoms with E-state index >= 15 is 0 Å². The van der Waals surface area contributed by atoms with E-state index in [-0.39, 0.29) is 12.2 Å². The second kappa shape index (κ2) is 5.78. The maximum absolute atomic E-state index is 11.0. The lowest BCUT2D eigenvalue weighted by Crippen LogP contribution is -2.32. The summed E-state index contributed by atoms with van der Waals surface area (Å²) in [5, 5.41) is 19.9. The van der Waals surface area contributed by atoms with Gasteiger partial charge in [-0.3, -0.25) is 14.9 Å². The van der Waals surface area contributed by atoms with Crippen molar-refractivity contribution in [1.29, 1.82) is 0 Å². The van der Waals surface area contributed by atoms with Gasteiger partial charge in [0.15, 0.2) is 0 Å². The molecule has 0 aromatic heterocycles. The Morgan fingerprint density at radius 1 is 1.55 bits per heavy atom. The van der Waals surface area contributed by atoms with Crippen LogP contribution in [0.2, 0.25) is 0 Å². The van der Waals surface area contributed by atoms with Gasteiger partial charge in [-0.15, -0.1) is 0 Å². The summed E-state index contributed by atoms with van der Waals surface area (Å²) in [5.41, 5.74) is 1.25. The quantitative estimate of drug-likeness (QED) is 0.634. The van der Waals surface area contributed by atoms with Crippen LogP contribution in [0.4, 0.5) is 11.4 Å². The van der Waals surface area contributed by atoms with Crippen LogP contribution in [0.5, 0.6) is 0 Å². The highest BCUT2D eigenvalue weighted by Crippen LogP contribution is 2.36. The lowest BCUT2D eigenvalue weighted by atomic mass is 10.1. The molecule has 0 amide bonds. The molecular formula is C13H15BrN2O4. The Bertz CT molecular complexity index is 558. The number of hydrogen-bond acceptors (Lipinski definition) is 4. The number of nitro benzene ring substituents is 1. The predicted molar refractivity (Wildman–Crippen MR) is 78.1 cm³/mol. The molecule has 1 aliphatic carbocycles. The van der Waals surface area contributed by atoms with E-state index < -0.39 is 10.9 Å². The average molecular weight is 343 g/mol. The zero-order chi connectivity index (χ0) is 14.9. The Morgan fingerprint density at radius 2 is 2.20 bits per heavy atom. The molecule has 0 radical (unpaired) electrons. The Balaban J connectivity index is 2.33. The van der Waals surface area contributed by atoms with Crippen LogP contribution in [0, 0.1) is 23.0 Å². The van der Waals surface area contributed by atoms with Crippen LogP contribution in [-0.2, 0) is 4.79 Å². The minimum Gasteiger partial charge on any atom is -0.480 e. The van der Waals surface area contributed by atoms with Crippen molar-refractivity contribution in [3.8, 4) is 0 Å². The van der Waals surface area contributed by atoms with Gasteiger partial charge in [0.25, 0.3) is 5.69 Å². The third-order valence-electron chi connectivity index (χ3n) is 3.30. The smallest absolute Gasteiger partial charge is 0.323 e. The number of nitro groups is 1. The lowest BCUT2D eigenvalue weighted by molar-refractivity contribution is -0.385. The molecule has 0 bridgehead atoms. The Kier molecular flexibility index (Phi) is 4.27. The number of halogens is 1. The van der Waals surface area contributed by atoms with E-state index in [1.807, 2.05) is 0 Å². The van der Waals surface area contributed by atoms with E-state index in [4.69, 9.17) is 5.11 Å². The first kappa shape index (κ1) is 14.8. The molecule has 1 saturated carbocycles. The van der Waals surface area contributed by atoms with E-state index in [0.717, 1.165) is 12.8 Å². The number of carbonyl (C=O) groups is 1. The van der Waals surface area contributed by atoms with Crippen LogP contribution in [0.1, 0.15) is 18.4 Å². The fourth-order valence-electron chi connectivity index (χ4n) is 2.12. The van der Waals surface area contributed by atoms with Gasteiger partial charge in [0.1, 0.15) is 6.54 Å². The molecule has 20 heavy (non-hydrogen) atoms. The minimum absolute atomic E-state index is 0.0299. The van der Waals surface area contributed by atoms with Gasteiger partial charge in [-0.25, -0.2) is 0 Å². The van der Waals surface area contributed by atoms with Crippen molar-refractivity contribution in [2.24, 2.45) is 5.92 Å². The molecule has 108 valence electrons. The molecule has 0 saturated heterocycles. The summed E-state index contributed by atoms with van der Waals surface area (Å²) < 4.78 is 0.553. The molecule has 2 rings (SSSR count). The number of nitrogens with zero attached hydrogens (tertiary/aromatic N) is 2. The SMILES string of the molecule is Cc1cc(N(CC(=O)O)CC2CC2)c(Br)cc1[N+](=O)[O-]. The molecule has 0 unspecified atom stereocenters. The number of carboxylic acids is 1. The topological polar surface area (TPSA) is 83.7 Å². The Hall–Kier alpha value is -1.63. The standard InChI is InChI=1S/C13H15BrN2O4/c1-8-4-12(10(14)5-11(8)16(19)20)15(7-13(17)18)6-9-2-3-9/h4-5,9H,2-3,6-7H2,1H3,(H,17,18). The summed E-state index contributed by atoms with van der Waals surface area (Å²) >= 11 is 3.31. The zero-order valence-corrected chi connectivity index (χ0v) is 12.6. The molecule has 0 spiro atoms. The summed E-state index contributed by atoms with van der Waals surface area (Å²) in [7, 11) is 0. The van der Waals surface area contributed by atoms with E-state index in [2.05, 4.69) is 15.9 Å². The second-order valence-corrected chi connectivity index (χ2v) is 5.92. The highest BCUT2D eigenvalue weighted by Gasteiger charge is 2.27. The van der Waals surface area contributed by atoms with Crippen LogP contribution in [0.3, 0.4) is 0 Å². The first-order valence-corrected chi connectivity index (χ1v) is 7.09. The van der Waals surface area contributed by atoms with Crippen molar-refractivity contribution in [2.75, 3.05) is 18.0 Å². The second-order valence-electron chi connectivity index (χ2n) is 5.06. The van der Waals surface area contributed by atoms with Crippen LogP contribution in [0.25, 0.3) is 0 Å². The first-order chi connectivity index (χ1) is 9.38. The normalized spacial score (nSPS) is 14.1. The fraction of sp³-hybridized carbons (Fsp3) is 0.462. The van der Waals surface area contributed by atoms with Gasteiger partial charge in [-0.2, -0.15) is 0 Å². The third kappa shape index (κ3) is 3.47. The largest absolute Gasteiger partial charge is 0.480 e. The van der Waals surface area contributed by atoms with Gasteiger partial charge in [-0.1, -0.05) is 0 Å². The van der Waals surface area contributed by atoms with Gasteiger partial charge in [-0.05, 0) is 47.7 Å². The molecule has 7 heteroatoms. The van der Waals surface area contributed by atoms with Crippen LogP contribution in [0.15, 0.2) is 16.6 Å². The average Bonchev–Trinajstić information content (AvgIpc) is 3.13. The van der Waals surface area contributed by atoms with Crippen molar-refractivity contribution < 1.29 is 14.8 Å². The van der Waals surface area contributed by atoms with Crippen molar-refractivity contribution in [3.05, 3.63) is 32.3 Å². The van der Waals surface area contributed by atoms with Crippen molar-refractivity contribution >= 4 is 33.3 Å². The number of carboxylic acid groups (broad SMARTS) is 1. The molecule has 0 atom stereocenters. The summed E-state index contributed by atoms with van der Waals surface area (Å²) in [6.45, 7) is 2.22. The summed E-state index contributed by atoms with van der Waals surface area (Å²) in [6.07, 6.45) is 2.22. The number of rotatable bonds is 6. The molecule has 1 N–H and O–H groups in total. The lowest BCUT2D eigenvalue weighted by Gasteiger charge is -2.24. The maximum Gasteiger partial charge on any atom is 0.323 e. The summed E-state index contributed by atoms with van der Waals surface area (Å²) in [6, 6.07) is 3.11. The van der Waals surface area contributed by atoms with Gasteiger partial charge in [0.2, 0.25) is 0 Å². The molecule has 1 aromatic carbocycles. The third-order valence-corrected chi connectivity index (χ3v) is 3.94. The molecule has 1 aliphatic rings. The number of benzene rings is 1. The van der Waals surface area contributed by atoms with Crippen molar-refractivity contribution in [3.63, 3.8) is 0 Å². The van der Waals surface area contributed by atoms with Gasteiger partial charge in [0, 0.05) is 22.6 Å². The van der Waals surface area contributed by atoms with Crippen LogP contribution < -0.4 is 4.90 Å². The Labute approximate surface area is 124 Å². The van der Waals surface area contributed by atoms with E-state index in [1.54, 1.807) is 17.9 Å². The summed E-state index contributed by atoms with van der Waals surface area (Å²) in [4.78, 5) is 23.2. The summed E-state index contributed by atoms with van der Waals surface area (Å²) in [5.74, 6) is -0.384. The van der Waals surface area contributed by atoms with Crippen molar-refractivity contribution in [2.45, 2.75) is 19.8 Å². The maximum atomic E-state index is 11.0. The molecule has 1 aromatic rings. The Morgan fingerprint density at radius 3 is 2.70 bits per heavy atom. The molecule has 0 aliphatic heterocycles. The van der Waals surface area contributed by atoms with E-state index in [0.29, 0.717) is 28.2 Å².